The molecule has 3 rings (SSSR count). The Morgan fingerprint density at radius 3 is 2.83 bits per heavy atom. The number of benzene rings is 1. The van der Waals surface area contributed by atoms with Gasteiger partial charge in [0.2, 0.25) is 0 Å². The third-order valence-electron chi connectivity index (χ3n) is 4.21. The summed E-state index contributed by atoms with van der Waals surface area (Å²) >= 11 is 0. The number of ether oxygens (including phenoxy) is 1. The van der Waals surface area contributed by atoms with E-state index in [4.69, 9.17) is 4.74 Å². The Morgan fingerprint density at radius 2 is 2.13 bits per heavy atom. The topological polar surface area (TPSA) is 42.4 Å². The normalized spacial score (nSPS) is 17.3. The number of aromatic nitrogens is 1. The molecule has 1 amide bonds. The van der Waals surface area contributed by atoms with Gasteiger partial charge < -0.3 is 9.64 Å². The predicted molar refractivity (Wildman–Crippen MR) is 84.9 cm³/mol. The Hall–Kier alpha value is -2.43. The molecule has 23 heavy (non-hydrogen) atoms. The van der Waals surface area contributed by atoms with Crippen LogP contribution in [0.4, 0.5) is 4.39 Å². The van der Waals surface area contributed by atoms with Gasteiger partial charge in [-0.25, -0.2) is 4.39 Å². The maximum absolute atomic E-state index is 13.2. The highest BCUT2D eigenvalue weighted by atomic mass is 19.1. The number of amides is 1. The van der Waals surface area contributed by atoms with E-state index in [1.54, 1.807) is 12.0 Å². The molecular weight excluding hydrogens is 295 g/mol. The molecular formula is C18H19FN2O2. The Morgan fingerprint density at radius 1 is 1.35 bits per heavy atom. The van der Waals surface area contributed by atoms with E-state index >= 15 is 0 Å². The van der Waals surface area contributed by atoms with Gasteiger partial charge in [0.25, 0.3) is 5.91 Å². The maximum atomic E-state index is 13.2. The molecule has 2 aromatic rings. The molecule has 0 N–H and O–H groups in total. The van der Waals surface area contributed by atoms with Crippen LogP contribution >= 0.6 is 0 Å². The van der Waals surface area contributed by atoms with E-state index < -0.39 is 5.82 Å². The number of nitrogens with zero attached hydrogens (tertiary/aromatic N) is 2. The minimum absolute atomic E-state index is 0.144. The second-order valence-electron chi connectivity index (χ2n) is 5.85. The zero-order chi connectivity index (χ0) is 16.2. The first-order chi connectivity index (χ1) is 11.2. The number of rotatable bonds is 4. The third kappa shape index (κ3) is 3.67. The molecule has 5 heteroatoms. The molecule has 0 radical (unpaired) electrons. The zero-order valence-corrected chi connectivity index (χ0v) is 13.0. The number of methoxy groups -OCH3 is 1. The number of hydrogen-bond donors (Lipinski definition) is 0. The van der Waals surface area contributed by atoms with Crippen molar-refractivity contribution in [2.24, 2.45) is 5.92 Å². The van der Waals surface area contributed by atoms with Crippen LogP contribution in [0.3, 0.4) is 0 Å². The van der Waals surface area contributed by atoms with Crippen LogP contribution in [0, 0.1) is 11.7 Å². The lowest BCUT2D eigenvalue weighted by Gasteiger charge is -2.16. The second kappa shape index (κ2) is 6.77. The van der Waals surface area contributed by atoms with Crippen molar-refractivity contribution in [3.63, 3.8) is 0 Å². The molecule has 1 unspecified atom stereocenters. The summed E-state index contributed by atoms with van der Waals surface area (Å²) < 4.78 is 18.4. The van der Waals surface area contributed by atoms with E-state index in [1.807, 2.05) is 12.1 Å². The molecule has 0 saturated carbocycles. The number of halogens is 1. The van der Waals surface area contributed by atoms with E-state index in [2.05, 4.69) is 17.1 Å². The lowest BCUT2D eigenvalue weighted by Crippen LogP contribution is -2.29. The molecule has 1 aliphatic rings. The van der Waals surface area contributed by atoms with E-state index in [0.717, 1.165) is 24.8 Å². The van der Waals surface area contributed by atoms with Crippen molar-refractivity contribution < 1.29 is 13.9 Å². The summed E-state index contributed by atoms with van der Waals surface area (Å²) in [5.74, 6) is 0.642. The van der Waals surface area contributed by atoms with Crippen LogP contribution in [0.2, 0.25) is 0 Å². The molecule has 0 spiro atoms. The molecule has 1 aliphatic heterocycles. The van der Waals surface area contributed by atoms with Crippen LogP contribution in [0.15, 0.2) is 42.7 Å². The molecule has 1 aromatic heterocycles. The summed E-state index contributed by atoms with van der Waals surface area (Å²) in [6, 6.07) is 9.25. The van der Waals surface area contributed by atoms with E-state index in [0.29, 0.717) is 24.6 Å². The number of likely N-dealkylation sites (tertiary alicyclic amines) is 1. The van der Waals surface area contributed by atoms with Crippen LogP contribution in [-0.2, 0) is 6.42 Å². The van der Waals surface area contributed by atoms with Gasteiger partial charge in [-0.05, 0) is 42.5 Å². The molecule has 1 atom stereocenters. The first-order valence-corrected chi connectivity index (χ1v) is 7.68. The average Bonchev–Trinajstić information content (AvgIpc) is 3.03. The van der Waals surface area contributed by atoms with Gasteiger partial charge in [-0.15, -0.1) is 0 Å². The highest BCUT2D eigenvalue weighted by molar-refractivity contribution is 5.94. The lowest BCUT2D eigenvalue weighted by molar-refractivity contribution is 0.0786. The van der Waals surface area contributed by atoms with Crippen molar-refractivity contribution in [2.45, 2.75) is 12.8 Å². The van der Waals surface area contributed by atoms with Crippen molar-refractivity contribution >= 4 is 5.91 Å². The van der Waals surface area contributed by atoms with Gasteiger partial charge in [0.05, 0.1) is 18.9 Å². The summed E-state index contributed by atoms with van der Waals surface area (Å²) in [4.78, 5) is 17.9. The molecule has 1 aromatic carbocycles. The monoisotopic (exact) mass is 314 g/mol. The van der Waals surface area contributed by atoms with Gasteiger partial charge in [-0.2, -0.15) is 0 Å². The summed E-state index contributed by atoms with van der Waals surface area (Å²) in [5, 5.41) is 0. The fraction of sp³-hybridized carbons (Fsp3) is 0.333. The minimum atomic E-state index is -0.482. The molecule has 120 valence electrons. The second-order valence-corrected chi connectivity index (χ2v) is 5.85. The molecule has 1 saturated heterocycles. The third-order valence-corrected chi connectivity index (χ3v) is 4.21. The van der Waals surface area contributed by atoms with E-state index in [1.165, 1.54) is 17.8 Å². The molecule has 4 nitrogen and oxygen atoms in total. The average molecular weight is 314 g/mol. The lowest BCUT2D eigenvalue weighted by atomic mass is 9.99. The van der Waals surface area contributed by atoms with Crippen LogP contribution in [0.1, 0.15) is 22.3 Å². The Labute approximate surface area is 134 Å². The predicted octanol–water partition coefficient (Wildman–Crippen LogP) is 2.93. The van der Waals surface area contributed by atoms with Gasteiger partial charge in [0.15, 0.2) is 0 Å². The first-order valence-electron chi connectivity index (χ1n) is 7.68. The highest BCUT2D eigenvalue weighted by Gasteiger charge is 2.27. The van der Waals surface area contributed by atoms with Crippen molar-refractivity contribution in [3.8, 4) is 5.75 Å². The number of pyridine rings is 1. The summed E-state index contributed by atoms with van der Waals surface area (Å²) in [5.41, 5.74) is 1.55. The van der Waals surface area contributed by atoms with Crippen LogP contribution in [0.5, 0.6) is 5.75 Å². The standard InChI is InChI=1S/C18H19FN2O2/c1-23-17-4-2-13(3-5-17)8-14-6-7-21(12-14)18(22)15-9-16(19)11-20-10-15/h2-5,9-11,14H,6-8,12H2,1H3. The summed E-state index contributed by atoms with van der Waals surface area (Å²) in [6.45, 7) is 1.40. The van der Waals surface area contributed by atoms with E-state index in [9.17, 15) is 9.18 Å². The summed E-state index contributed by atoms with van der Waals surface area (Å²) in [6.07, 6.45) is 4.41. The van der Waals surface area contributed by atoms with Crippen LogP contribution < -0.4 is 4.74 Å². The van der Waals surface area contributed by atoms with Crippen molar-refractivity contribution in [3.05, 3.63) is 59.7 Å². The van der Waals surface area contributed by atoms with Crippen molar-refractivity contribution in [2.75, 3.05) is 20.2 Å². The fourth-order valence-electron chi connectivity index (χ4n) is 2.99. The number of hydrogen-bond acceptors (Lipinski definition) is 3. The van der Waals surface area contributed by atoms with Gasteiger partial charge in [0.1, 0.15) is 11.6 Å². The molecule has 0 bridgehead atoms. The zero-order valence-electron chi connectivity index (χ0n) is 13.0. The molecule has 0 aliphatic carbocycles. The summed E-state index contributed by atoms with van der Waals surface area (Å²) in [7, 11) is 1.65. The van der Waals surface area contributed by atoms with Crippen LogP contribution in [0.25, 0.3) is 0 Å². The Bertz CT molecular complexity index is 688. The Kier molecular flexibility index (Phi) is 4.55. The van der Waals surface area contributed by atoms with Crippen molar-refractivity contribution in [1.82, 2.24) is 9.88 Å². The smallest absolute Gasteiger partial charge is 0.255 e. The maximum Gasteiger partial charge on any atom is 0.255 e. The quantitative estimate of drug-likeness (QED) is 0.871. The highest BCUT2D eigenvalue weighted by Crippen LogP contribution is 2.23. The number of carbonyl (C=O) groups is 1. The molecule has 1 fully saturated rings. The SMILES string of the molecule is COc1ccc(CC2CCN(C(=O)c3cncc(F)c3)C2)cc1. The van der Waals surface area contributed by atoms with Gasteiger partial charge in [-0.3, -0.25) is 9.78 Å². The van der Waals surface area contributed by atoms with Gasteiger partial charge in [-0.1, -0.05) is 12.1 Å². The van der Waals surface area contributed by atoms with Crippen molar-refractivity contribution in [1.29, 1.82) is 0 Å². The largest absolute Gasteiger partial charge is 0.497 e. The van der Waals surface area contributed by atoms with Gasteiger partial charge in [0, 0.05) is 19.3 Å². The Balaban J connectivity index is 1.60. The van der Waals surface area contributed by atoms with Crippen LogP contribution in [-0.4, -0.2) is 36.0 Å². The molecule has 2 heterocycles. The number of carbonyl (C=O) groups excluding carboxylic acids is 1. The minimum Gasteiger partial charge on any atom is -0.497 e. The van der Waals surface area contributed by atoms with Gasteiger partial charge >= 0.3 is 0 Å². The first kappa shape index (κ1) is 15.5. The van der Waals surface area contributed by atoms with E-state index in [-0.39, 0.29) is 5.91 Å². The fourth-order valence-corrected chi connectivity index (χ4v) is 2.99.